The molecule has 0 radical (unpaired) electrons. The Balaban J connectivity index is 2.67. The van der Waals surface area contributed by atoms with Gasteiger partial charge in [-0.05, 0) is 25.0 Å². The highest BCUT2D eigenvalue weighted by Crippen LogP contribution is 2.15. The zero-order valence-corrected chi connectivity index (χ0v) is 10.6. The van der Waals surface area contributed by atoms with Crippen molar-refractivity contribution in [2.24, 2.45) is 0 Å². The molecule has 0 saturated carbocycles. The molecular weight excluding hydrogens is 228 g/mol. The summed E-state index contributed by atoms with van der Waals surface area (Å²) in [7, 11) is 0. The number of hydrogen-bond acceptors (Lipinski definition) is 3. The average molecular weight is 244 g/mol. The van der Waals surface area contributed by atoms with Gasteiger partial charge in [-0.2, -0.15) is 5.10 Å². The summed E-state index contributed by atoms with van der Waals surface area (Å²) in [5.74, 6) is 0. The van der Waals surface area contributed by atoms with Gasteiger partial charge in [-0.25, -0.2) is 4.68 Å². The minimum absolute atomic E-state index is 0.173. The van der Waals surface area contributed by atoms with Crippen molar-refractivity contribution in [3.8, 4) is 5.69 Å². The zero-order chi connectivity index (χ0) is 13.1. The molecule has 1 aromatic heterocycles. The lowest BCUT2D eigenvalue weighted by molar-refractivity contribution is 0.273. The van der Waals surface area contributed by atoms with E-state index in [4.69, 9.17) is 5.11 Å². The number of aromatic nitrogens is 2. The fourth-order valence-corrected chi connectivity index (χ4v) is 1.95. The van der Waals surface area contributed by atoms with Crippen molar-refractivity contribution in [2.75, 3.05) is 0 Å². The summed E-state index contributed by atoms with van der Waals surface area (Å²) in [4.78, 5) is 11.6. The van der Waals surface area contributed by atoms with Gasteiger partial charge in [-0.15, -0.1) is 0 Å². The molecule has 0 spiro atoms. The Morgan fingerprint density at radius 2 is 2.06 bits per heavy atom. The maximum absolute atomic E-state index is 11.6. The Kier molecular flexibility index (Phi) is 3.58. The summed E-state index contributed by atoms with van der Waals surface area (Å²) in [6, 6.07) is 9.42. The Morgan fingerprint density at radius 1 is 1.33 bits per heavy atom. The van der Waals surface area contributed by atoms with Crippen molar-refractivity contribution in [3.63, 3.8) is 0 Å². The third-order valence-corrected chi connectivity index (χ3v) is 2.93. The van der Waals surface area contributed by atoms with E-state index in [1.165, 1.54) is 6.07 Å². The molecule has 0 aliphatic heterocycles. The van der Waals surface area contributed by atoms with E-state index in [0.717, 1.165) is 23.4 Å². The van der Waals surface area contributed by atoms with Crippen LogP contribution < -0.4 is 5.43 Å². The maximum Gasteiger partial charge on any atom is 0.206 e. The van der Waals surface area contributed by atoms with Crippen LogP contribution in [0.1, 0.15) is 23.9 Å². The summed E-state index contributed by atoms with van der Waals surface area (Å²) in [6.45, 7) is 3.57. The predicted molar refractivity (Wildman–Crippen MR) is 69.9 cm³/mol. The third kappa shape index (κ3) is 2.19. The second-order valence-electron chi connectivity index (χ2n) is 4.15. The van der Waals surface area contributed by atoms with Crippen LogP contribution >= 0.6 is 0 Å². The molecule has 0 aliphatic carbocycles. The molecule has 4 nitrogen and oxygen atoms in total. The standard InChI is InChI=1S/C14H16N2O2/c1-3-11-6-4-5-7-13(11)16-10(2)8-14(18)12(9-17)15-16/h4-8,17H,3,9H2,1-2H3. The Labute approximate surface area is 106 Å². The lowest BCUT2D eigenvalue weighted by atomic mass is 10.1. The van der Waals surface area contributed by atoms with Gasteiger partial charge in [0.1, 0.15) is 5.69 Å². The first-order chi connectivity index (χ1) is 8.67. The molecule has 18 heavy (non-hydrogen) atoms. The van der Waals surface area contributed by atoms with Crippen molar-refractivity contribution >= 4 is 0 Å². The van der Waals surface area contributed by atoms with Gasteiger partial charge in [0.05, 0.1) is 12.3 Å². The van der Waals surface area contributed by atoms with Crippen molar-refractivity contribution in [3.05, 3.63) is 57.5 Å². The van der Waals surface area contributed by atoms with Gasteiger partial charge < -0.3 is 5.11 Å². The lowest BCUT2D eigenvalue weighted by Crippen LogP contribution is -2.19. The van der Waals surface area contributed by atoms with Crippen LogP contribution in [0.25, 0.3) is 5.69 Å². The van der Waals surface area contributed by atoms with Crippen LogP contribution in [0, 0.1) is 6.92 Å². The average Bonchev–Trinajstić information content (AvgIpc) is 2.39. The maximum atomic E-state index is 11.6. The van der Waals surface area contributed by atoms with Crippen molar-refractivity contribution < 1.29 is 5.11 Å². The van der Waals surface area contributed by atoms with Crippen LogP contribution in [0.2, 0.25) is 0 Å². The molecule has 0 saturated heterocycles. The molecule has 1 heterocycles. The van der Waals surface area contributed by atoms with Crippen LogP contribution in [0.15, 0.2) is 35.1 Å². The topological polar surface area (TPSA) is 55.1 Å². The monoisotopic (exact) mass is 244 g/mol. The SMILES string of the molecule is CCc1ccccc1-n1nc(CO)c(=O)cc1C. The van der Waals surface area contributed by atoms with Gasteiger partial charge in [0.2, 0.25) is 5.43 Å². The highest BCUT2D eigenvalue weighted by atomic mass is 16.3. The number of hydrogen-bond donors (Lipinski definition) is 1. The molecular formula is C14H16N2O2. The van der Waals surface area contributed by atoms with Gasteiger partial charge in [0, 0.05) is 11.8 Å². The molecule has 0 aliphatic rings. The molecule has 0 bridgehead atoms. The van der Waals surface area contributed by atoms with E-state index in [0.29, 0.717) is 0 Å². The minimum atomic E-state index is -0.340. The van der Waals surface area contributed by atoms with Crippen molar-refractivity contribution in [2.45, 2.75) is 26.9 Å². The lowest BCUT2D eigenvalue weighted by Gasteiger charge is -2.13. The summed E-state index contributed by atoms with van der Waals surface area (Å²) in [5, 5.41) is 13.4. The first kappa shape index (κ1) is 12.5. The van der Waals surface area contributed by atoms with E-state index in [1.54, 1.807) is 4.68 Å². The Hall–Kier alpha value is -1.94. The van der Waals surface area contributed by atoms with E-state index in [1.807, 2.05) is 31.2 Å². The number of aryl methyl sites for hydroxylation is 2. The fraction of sp³-hybridized carbons (Fsp3) is 0.286. The van der Waals surface area contributed by atoms with Gasteiger partial charge in [0.15, 0.2) is 0 Å². The van der Waals surface area contributed by atoms with E-state index < -0.39 is 0 Å². The first-order valence-corrected chi connectivity index (χ1v) is 5.96. The van der Waals surface area contributed by atoms with Crippen LogP contribution in [0.5, 0.6) is 0 Å². The second kappa shape index (κ2) is 5.14. The molecule has 94 valence electrons. The highest BCUT2D eigenvalue weighted by Gasteiger charge is 2.09. The summed E-state index contributed by atoms with van der Waals surface area (Å²) in [6.07, 6.45) is 0.887. The van der Waals surface area contributed by atoms with Crippen LogP contribution in [-0.2, 0) is 13.0 Å². The first-order valence-electron chi connectivity index (χ1n) is 5.96. The number of benzene rings is 1. The van der Waals surface area contributed by atoms with Gasteiger partial charge >= 0.3 is 0 Å². The van der Waals surface area contributed by atoms with Gasteiger partial charge in [-0.1, -0.05) is 25.1 Å². The van der Waals surface area contributed by atoms with Crippen molar-refractivity contribution in [1.29, 1.82) is 0 Å². The van der Waals surface area contributed by atoms with Gasteiger partial charge in [0.25, 0.3) is 0 Å². The van der Waals surface area contributed by atoms with Crippen LogP contribution in [-0.4, -0.2) is 14.9 Å². The van der Waals surface area contributed by atoms with Crippen molar-refractivity contribution in [1.82, 2.24) is 9.78 Å². The molecule has 0 fully saturated rings. The van der Waals surface area contributed by atoms with Crippen LogP contribution in [0.3, 0.4) is 0 Å². The highest BCUT2D eigenvalue weighted by molar-refractivity contribution is 5.41. The van der Waals surface area contributed by atoms with E-state index in [-0.39, 0.29) is 17.7 Å². The zero-order valence-electron chi connectivity index (χ0n) is 10.6. The summed E-state index contributed by atoms with van der Waals surface area (Å²) >= 11 is 0. The number of nitrogens with zero attached hydrogens (tertiary/aromatic N) is 2. The second-order valence-corrected chi connectivity index (χ2v) is 4.15. The number of para-hydroxylation sites is 1. The Morgan fingerprint density at radius 3 is 2.72 bits per heavy atom. The smallest absolute Gasteiger partial charge is 0.206 e. The predicted octanol–water partition coefficient (Wildman–Crippen LogP) is 1.60. The molecule has 0 amide bonds. The molecule has 1 aromatic carbocycles. The normalized spacial score (nSPS) is 10.6. The van der Waals surface area contributed by atoms with E-state index in [2.05, 4.69) is 12.0 Å². The number of aliphatic hydroxyl groups excluding tert-OH is 1. The molecule has 0 unspecified atom stereocenters. The van der Waals surface area contributed by atoms with Gasteiger partial charge in [-0.3, -0.25) is 4.79 Å². The summed E-state index contributed by atoms with van der Waals surface area (Å²) in [5.41, 5.74) is 2.82. The molecule has 4 heteroatoms. The fourth-order valence-electron chi connectivity index (χ4n) is 1.95. The molecule has 2 rings (SSSR count). The Bertz CT molecular complexity index is 617. The van der Waals surface area contributed by atoms with E-state index >= 15 is 0 Å². The minimum Gasteiger partial charge on any atom is -0.390 e. The molecule has 1 N–H and O–H groups in total. The molecule has 0 atom stereocenters. The number of rotatable bonds is 3. The molecule has 2 aromatic rings. The largest absolute Gasteiger partial charge is 0.390 e. The quantitative estimate of drug-likeness (QED) is 0.892. The third-order valence-electron chi connectivity index (χ3n) is 2.93. The summed E-state index contributed by atoms with van der Waals surface area (Å²) < 4.78 is 1.71. The van der Waals surface area contributed by atoms with E-state index in [9.17, 15) is 4.79 Å². The number of aliphatic hydroxyl groups is 1. The van der Waals surface area contributed by atoms with Crippen LogP contribution in [0.4, 0.5) is 0 Å².